The number of unbranched alkanes of at least 4 members (excludes halogenated alkanes) is 4. The number of ether oxygens (including phenoxy) is 2. The van der Waals surface area contributed by atoms with Gasteiger partial charge in [0.05, 0.1) is 13.2 Å². The standard InChI is InChI=1S/C16H26O6/c1-13(17)9-5-3-7-11-21-15(19)16(20)22-12-8-4-6-10-14(2)18/h3-12H2,1-2H3. The topological polar surface area (TPSA) is 86.7 Å². The molecule has 22 heavy (non-hydrogen) atoms. The average Bonchev–Trinajstić information content (AvgIpc) is 2.45. The summed E-state index contributed by atoms with van der Waals surface area (Å²) in [5, 5.41) is 0. The Morgan fingerprint density at radius 3 is 1.27 bits per heavy atom. The largest absolute Gasteiger partial charge is 0.457 e. The maximum atomic E-state index is 11.3. The van der Waals surface area contributed by atoms with Crippen molar-refractivity contribution in [2.45, 2.75) is 65.2 Å². The molecule has 0 aliphatic heterocycles. The molecule has 0 aliphatic carbocycles. The molecule has 6 nitrogen and oxygen atoms in total. The summed E-state index contributed by atoms with van der Waals surface area (Å²) in [4.78, 5) is 44.0. The average molecular weight is 314 g/mol. The molecule has 0 N–H and O–H groups in total. The van der Waals surface area contributed by atoms with Gasteiger partial charge in [-0.25, -0.2) is 9.59 Å². The highest BCUT2D eigenvalue weighted by Gasteiger charge is 2.16. The van der Waals surface area contributed by atoms with Gasteiger partial charge in [0.1, 0.15) is 11.6 Å². The predicted octanol–water partition coefficient (Wildman–Crippen LogP) is 2.37. The Morgan fingerprint density at radius 2 is 0.955 bits per heavy atom. The minimum absolute atomic E-state index is 0.142. The molecule has 0 atom stereocenters. The molecule has 0 amide bonds. The van der Waals surface area contributed by atoms with Gasteiger partial charge >= 0.3 is 11.9 Å². The Labute approximate surface area is 131 Å². The van der Waals surface area contributed by atoms with Crippen molar-refractivity contribution in [2.75, 3.05) is 13.2 Å². The van der Waals surface area contributed by atoms with Crippen LogP contribution in [0.5, 0.6) is 0 Å². The molecule has 0 aromatic carbocycles. The van der Waals surface area contributed by atoms with Crippen LogP contribution in [0, 0.1) is 0 Å². The van der Waals surface area contributed by atoms with Crippen LogP contribution < -0.4 is 0 Å². The zero-order chi connectivity index (χ0) is 16.8. The van der Waals surface area contributed by atoms with Gasteiger partial charge in [0, 0.05) is 12.8 Å². The van der Waals surface area contributed by atoms with Crippen molar-refractivity contribution < 1.29 is 28.7 Å². The molecule has 0 aromatic heterocycles. The summed E-state index contributed by atoms with van der Waals surface area (Å²) in [7, 11) is 0. The van der Waals surface area contributed by atoms with E-state index in [4.69, 9.17) is 9.47 Å². The highest BCUT2D eigenvalue weighted by Crippen LogP contribution is 2.02. The van der Waals surface area contributed by atoms with E-state index in [0.29, 0.717) is 25.7 Å². The number of carbonyl (C=O) groups excluding carboxylic acids is 4. The van der Waals surface area contributed by atoms with Gasteiger partial charge in [-0.2, -0.15) is 0 Å². The number of ketones is 2. The third-order valence-corrected chi connectivity index (χ3v) is 2.98. The molecule has 0 radical (unpaired) electrons. The molecule has 126 valence electrons. The number of carbonyl (C=O) groups is 4. The number of esters is 2. The first-order valence-electron chi connectivity index (χ1n) is 7.76. The van der Waals surface area contributed by atoms with Gasteiger partial charge in [-0.3, -0.25) is 0 Å². The van der Waals surface area contributed by atoms with Gasteiger partial charge in [-0.15, -0.1) is 0 Å². The van der Waals surface area contributed by atoms with Crippen molar-refractivity contribution in [1.82, 2.24) is 0 Å². The molecular weight excluding hydrogens is 288 g/mol. The van der Waals surface area contributed by atoms with Crippen molar-refractivity contribution in [1.29, 1.82) is 0 Å². The Morgan fingerprint density at radius 1 is 0.591 bits per heavy atom. The lowest BCUT2D eigenvalue weighted by Crippen LogP contribution is -2.21. The molecule has 0 aliphatic rings. The normalized spacial score (nSPS) is 10.1. The molecule has 0 aromatic rings. The van der Waals surface area contributed by atoms with Gasteiger partial charge in [0.15, 0.2) is 0 Å². The fourth-order valence-electron chi connectivity index (χ4n) is 1.75. The number of hydrogen-bond donors (Lipinski definition) is 0. The van der Waals surface area contributed by atoms with E-state index in [0.717, 1.165) is 25.7 Å². The minimum Gasteiger partial charge on any atom is -0.457 e. The molecule has 6 heteroatoms. The first-order chi connectivity index (χ1) is 10.4. The molecule has 0 spiro atoms. The summed E-state index contributed by atoms with van der Waals surface area (Å²) >= 11 is 0. The Bertz CT molecular complexity index is 339. The lowest BCUT2D eigenvalue weighted by atomic mass is 10.1. The minimum atomic E-state index is -0.977. The second-order valence-corrected chi connectivity index (χ2v) is 5.30. The van der Waals surface area contributed by atoms with Crippen LogP contribution in [-0.4, -0.2) is 36.7 Å². The molecule has 0 saturated heterocycles. The van der Waals surface area contributed by atoms with Crippen LogP contribution in [0.4, 0.5) is 0 Å². The van der Waals surface area contributed by atoms with Gasteiger partial charge in [0.25, 0.3) is 0 Å². The highest BCUT2D eigenvalue weighted by atomic mass is 16.6. The zero-order valence-corrected chi connectivity index (χ0v) is 13.5. The van der Waals surface area contributed by atoms with Crippen molar-refractivity contribution in [2.24, 2.45) is 0 Å². The van der Waals surface area contributed by atoms with Crippen molar-refractivity contribution in [3.63, 3.8) is 0 Å². The SMILES string of the molecule is CC(=O)CCCCCOC(=O)C(=O)OCCCCCC(C)=O. The van der Waals surface area contributed by atoms with E-state index in [1.54, 1.807) is 0 Å². The highest BCUT2D eigenvalue weighted by molar-refractivity contribution is 6.29. The van der Waals surface area contributed by atoms with Crippen LogP contribution in [-0.2, 0) is 28.7 Å². The number of rotatable bonds is 12. The fourth-order valence-corrected chi connectivity index (χ4v) is 1.75. The predicted molar refractivity (Wildman–Crippen MR) is 80.2 cm³/mol. The molecule has 0 fully saturated rings. The Balaban J connectivity index is 3.49. The summed E-state index contributed by atoms with van der Waals surface area (Å²) < 4.78 is 9.55. The number of Topliss-reactive ketones (excluding diaryl/α,β-unsaturated/α-hetero) is 2. The number of hydrogen-bond acceptors (Lipinski definition) is 6. The van der Waals surface area contributed by atoms with Crippen LogP contribution in [0.3, 0.4) is 0 Å². The maximum absolute atomic E-state index is 11.3. The van der Waals surface area contributed by atoms with E-state index in [1.165, 1.54) is 13.8 Å². The van der Waals surface area contributed by atoms with Crippen LogP contribution in [0.25, 0.3) is 0 Å². The van der Waals surface area contributed by atoms with Crippen LogP contribution >= 0.6 is 0 Å². The summed E-state index contributed by atoms with van der Waals surface area (Å²) in [6.45, 7) is 3.39. The summed E-state index contributed by atoms with van der Waals surface area (Å²) in [5.74, 6) is -1.67. The van der Waals surface area contributed by atoms with E-state index in [9.17, 15) is 19.2 Å². The molecule has 0 heterocycles. The van der Waals surface area contributed by atoms with Crippen molar-refractivity contribution >= 4 is 23.5 Å². The van der Waals surface area contributed by atoms with E-state index >= 15 is 0 Å². The smallest absolute Gasteiger partial charge is 0.417 e. The monoisotopic (exact) mass is 314 g/mol. The van der Waals surface area contributed by atoms with Crippen LogP contribution in [0.15, 0.2) is 0 Å². The summed E-state index contributed by atoms with van der Waals surface area (Å²) in [6, 6.07) is 0. The first-order valence-corrected chi connectivity index (χ1v) is 7.76. The molecule has 0 rings (SSSR count). The van der Waals surface area contributed by atoms with Crippen LogP contribution in [0.1, 0.15) is 65.2 Å². The Kier molecular flexibility index (Phi) is 12.0. The summed E-state index contributed by atoms with van der Waals surface area (Å²) in [6.07, 6.45) is 5.37. The first kappa shape index (κ1) is 20.3. The van der Waals surface area contributed by atoms with E-state index in [1.807, 2.05) is 0 Å². The lowest BCUT2D eigenvalue weighted by molar-refractivity contribution is -0.167. The third kappa shape index (κ3) is 13.3. The zero-order valence-electron chi connectivity index (χ0n) is 13.5. The van der Waals surface area contributed by atoms with Crippen LogP contribution in [0.2, 0.25) is 0 Å². The molecule has 0 bridgehead atoms. The quantitative estimate of drug-likeness (QED) is 0.312. The van der Waals surface area contributed by atoms with Gasteiger partial charge < -0.3 is 19.1 Å². The van der Waals surface area contributed by atoms with Crippen molar-refractivity contribution in [3.05, 3.63) is 0 Å². The molecule has 0 saturated carbocycles. The lowest BCUT2D eigenvalue weighted by Gasteiger charge is -2.05. The maximum Gasteiger partial charge on any atom is 0.417 e. The summed E-state index contributed by atoms with van der Waals surface area (Å²) in [5.41, 5.74) is 0. The van der Waals surface area contributed by atoms with E-state index in [2.05, 4.69) is 0 Å². The molecule has 0 unspecified atom stereocenters. The Hall–Kier alpha value is -1.72. The van der Waals surface area contributed by atoms with E-state index in [-0.39, 0.29) is 24.8 Å². The second kappa shape index (κ2) is 13.0. The third-order valence-electron chi connectivity index (χ3n) is 2.98. The fraction of sp³-hybridized carbons (Fsp3) is 0.750. The van der Waals surface area contributed by atoms with Gasteiger partial charge in [-0.1, -0.05) is 0 Å². The van der Waals surface area contributed by atoms with Gasteiger partial charge in [0.2, 0.25) is 0 Å². The van der Waals surface area contributed by atoms with Gasteiger partial charge in [-0.05, 0) is 52.4 Å². The van der Waals surface area contributed by atoms with E-state index < -0.39 is 11.9 Å². The van der Waals surface area contributed by atoms with Crippen molar-refractivity contribution in [3.8, 4) is 0 Å². The molecular formula is C16H26O6. The second-order valence-electron chi connectivity index (χ2n) is 5.30.